The smallest absolute Gasteiger partial charge is 0.134 e. The van der Waals surface area contributed by atoms with E-state index in [1.165, 1.54) is 12.1 Å². The molecule has 1 aromatic heterocycles. The topological polar surface area (TPSA) is 30.2 Å². The molecule has 0 saturated heterocycles. The Morgan fingerprint density at radius 1 is 1.12 bits per heavy atom. The van der Waals surface area contributed by atoms with Crippen LogP contribution in [0.5, 0.6) is 0 Å². The minimum absolute atomic E-state index is 0.271. The number of hydrogen-bond acceptors (Lipinski definition) is 2. The van der Waals surface area contributed by atoms with Gasteiger partial charge in [0.15, 0.2) is 0 Å². The highest BCUT2D eigenvalue weighted by Gasteiger charge is 2.47. The van der Waals surface area contributed by atoms with Crippen LogP contribution in [0.1, 0.15) is 18.6 Å². The van der Waals surface area contributed by atoms with E-state index in [0.29, 0.717) is 11.5 Å². The van der Waals surface area contributed by atoms with Crippen LogP contribution < -0.4 is 0 Å². The molecule has 3 rings (SSSR count). The van der Waals surface area contributed by atoms with Crippen molar-refractivity contribution in [1.29, 1.82) is 0 Å². The number of furan rings is 1. The Balaban J connectivity index is 1.95. The summed E-state index contributed by atoms with van der Waals surface area (Å²) < 4.78 is 18.5. The largest absolute Gasteiger partial charge is 0.460 e. The number of aldehydes is 1. The van der Waals surface area contributed by atoms with Gasteiger partial charge in [-0.05, 0) is 49.2 Å². The molecule has 0 atom stereocenters. The average molecular weight is 230 g/mol. The maximum Gasteiger partial charge on any atom is 0.134 e. The normalized spacial score (nSPS) is 16.8. The molecule has 1 saturated carbocycles. The van der Waals surface area contributed by atoms with E-state index in [4.69, 9.17) is 4.42 Å². The van der Waals surface area contributed by atoms with Crippen LogP contribution in [0.25, 0.3) is 11.3 Å². The van der Waals surface area contributed by atoms with Crippen molar-refractivity contribution in [3.05, 3.63) is 48.0 Å². The Hall–Kier alpha value is -1.90. The third-order valence-corrected chi connectivity index (χ3v) is 3.24. The maximum atomic E-state index is 12.8. The minimum Gasteiger partial charge on any atom is -0.460 e. The van der Waals surface area contributed by atoms with Gasteiger partial charge in [0.05, 0.1) is 5.41 Å². The first-order valence-corrected chi connectivity index (χ1v) is 5.56. The SMILES string of the molecule is O=CC1(c2ccc(-c3ccc(F)cc3)o2)CC1. The third kappa shape index (κ3) is 1.68. The maximum absolute atomic E-state index is 12.8. The predicted molar refractivity (Wildman–Crippen MR) is 61.1 cm³/mol. The molecule has 0 spiro atoms. The van der Waals surface area contributed by atoms with Gasteiger partial charge in [0.2, 0.25) is 0 Å². The Morgan fingerprint density at radius 3 is 2.41 bits per heavy atom. The monoisotopic (exact) mass is 230 g/mol. The zero-order valence-corrected chi connectivity index (χ0v) is 9.15. The summed E-state index contributed by atoms with van der Waals surface area (Å²) in [5, 5.41) is 0. The molecule has 1 fully saturated rings. The first kappa shape index (κ1) is 10.3. The van der Waals surface area contributed by atoms with Crippen LogP contribution >= 0.6 is 0 Å². The summed E-state index contributed by atoms with van der Waals surface area (Å²) in [7, 11) is 0. The molecule has 2 nitrogen and oxygen atoms in total. The van der Waals surface area contributed by atoms with Crippen molar-refractivity contribution >= 4 is 6.29 Å². The van der Waals surface area contributed by atoms with Crippen molar-refractivity contribution in [2.75, 3.05) is 0 Å². The van der Waals surface area contributed by atoms with Crippen molar-refractivity contribution in [1.82, 2.24) is 0 Å². The van der Waals surface area contributed by atoms with Gasteiger partial charge in [-0.3, -0.25) is 0 Å². The Labute approximate surface area is 98.1 Å². The van der Waals surface area contributed by atoms with E-state index in [0.717, 1.165) is 24.7 Å². The lowest BCUT2D eigenvalue weighted by molar-refractivity contribution is -0.110. The first-order chi connectivity index (χ1) is 8.23. The summed E-state index contributed by atoms with van der Waals surface area (Å²) in [5.74, 6) is 1.12. The number of hydrogen-bond donors (Lipinski definition) is 0. The van der Waals surface area contributed by atoms with Crippen LogP contribution in [-0.4, -0.2) is 6.29 Å². The summed E-state index contributed by atoms with van der Waals surface area (Å²) in [4.78, 5) is 11.0. The molecule has 0 radical (unpaired) electrons. The van der Waals surface area contributed by atoms with Gasteiger partial charge >= 0.3 is 0 Å². The zero-order chi connectivity index (χ0) is 11.9. The van der Waals surface area contributed by atoms with Gasteiger partial charge < -0.3 is 9.21 Å². The van der Waals surface area contributed by atoms with Crippen molar-refractivity contribution in [2.24, 2.45) is 0 Å². The lowest BCUT2D eigenvalue weighted by Gasteiger charge is -2.01. The van der Waals surface area contributed by atoms with E-state index in [9.17, 15) is 9.18 Å². The molecule has 17 heavy (non-hydrogen) atoms. The molecule has 86 valence electrons. The zero-order valence-electron chi connectivity index (χ0n) is 9.15. The molecule has 1 heterocycles. The predicted octanol–water partition coefficient (Wildman–Crippen LogP) is 3.32. The van der Waals surface area contributed by atoms with E-state index in [2.05, 4.69) is 0 Å². The van der Waals surface area contributed by atoms with E-state index in [1.54, 1.807) is 12.1 Å². The highest BCUT2D eigenvalue weighted by atomic mass is 19.1. The van der Waals surface area contributed by atoms with Crippen LogP contribution in [0.15, 0.2) is 40.8 Å². The second-order valence-electron chi connectivity index (χ2n) is 4.44. The molecule has 0 bridgehead atoms. The van der Waals surface area contributed by atoms with Gasteiger partial charge in [-0.25, -0.2) is 4.39 Å². The molecule has 0 aliphatic heterocycles. The van der Waals surface area contributed by atoms with Crippen molar-refractivity contribution < 1.29 is 13.6 Å². The fraction of sp³-hybridized carbons (Fsp3) is 0.214. The highest BCUT2D eigenvalue weighted by Crippen LogP contribution is 2.47. The van der Waals surface area contributed by atoms with Crippen LogP contribution in [0.3, 0.4) is 0 Å². The number of halogens is 1. The number of rotatable bonds is 3. The molecular weight excluding hydrogens is 219 g/mol. The summed E-state index contributed by atoms with van der Waals surface area (Å²) in [5.41, 5.74) is 0.428. The third-order valence-electron chi connectivity index (χ3n) is 3.24. The van der Waals surface area contributed by atoms with Crippen LogP contribution in [0, 0.1) is 5.82 Å². The Bertz CT molecular complexity index is 550. The van der Waals surface area contributed by atoms with E-state index in [1.807, 2.05) is 12.1 Å². The Kier molecular flexibility index (Phi) is 2.15. The fourth-order valence-electron chi connectivity index (χ4n) is 1.93. The number of carbonyl (C=O) groups excluding carboxylic acids is 1. The molecule has 3 heteroatoms. The van der Waals surface area contributed by atoms with Gasteiger partial charge in [0.1, 0.15) is 23.6 Å². The van der Waals surface area contributed by atoms with Crippen LogP contribution in [0.2, 0.25) is 0 Å². The fourth-order valence-corrected chi connectivity index (χ4v) is 1.93. The minimum atomic E-state index is -0.391. The summed E-state index contributed by atoms with van der Waals surface area (Å²) in [6, 6.07) is 9.78. The number of benzene rings is 1. The lowest BCUT2D eigenvalue weighted by Crippen LogP contribution is -2.05. The molecule has 0 N–H and O–H groups in total. The standard InChI is InChI=1S/C14H11FO2/c15-11-3-1-10(2-4-11)12-5-6-13(17-12)14(9-16)7-8-14/h1-6,9H,7-8H2. The van der Waals surface area contributed by atoms with E-state index < -0.39 is 5.41 Å². The summed E-state index contributed by atoms with van der Waals surface area (Å²) >= 11 is 0. The molecule has 0 unspecified atom stereocenters. The molecule has 0 amide bonds. The number of carbonyl (C=O) groups is 1. The summed E-state index contributed by atoms with van der Waals surface area (Å²) in [6.45, 7) is 0. The van der Waals surface area contributed by atoms with Gasteiger partial charge in [-0.15, -0.1) is 0 Å². The van der Waals surface area contributed by atoms with Gasteiger partial charge in [0, 0.05) is 5.56 Å². The van der Waals surface area contributed by atoms with E-state index >= 15 is 0 Å². The Morgan fingerprint density at radius 2 is 1.82 bits per heavy atom. The van der Waals surface area contributed by atoms with Gasteiger partial charge in [-0.2, -0.15) is 0 Å². The molecule has 1 aliphatic carbocycles. The lowest BCUT2D eigenvalue weighted by atomic mass is 10.1. The van der Waals surface area contributed by atoms with Crippen LogP contribution in [0.4, 0.5) is 4.39 Å². The average Bonchev–Trinajstić information content (AvgIpc) is 3.00. The highest BCUT2D eigenvalue weighted by molar-refractivity contribution is 5.72. The molecule has 1 aliphatic rings. The van der Waals surface area contributed by atoms with E-state index in [-0.39, 0.29) is 5.82 Å². The van der Waals surface area contributed by atoms with Crippen LogP contribution in [-0.2, 0) is 10.2 Å². The van der Waals surface area contributed by atoms with Crippen molar-refractivity contribution in [3.8, 4) is 11.3 Å². The van der Waals surface area contributed by atoms with Gasteiger partial charge in [0.25, 0.3) is 0 Å². The quantitative estimate of drug-likeness (QED) is 0.757. The second kappa shape index (κ2) is 3.55. The molecular formula is C14H11FO2. The second-order valence-corrected chi connectivity index (χ2v) is 4.44. The summed E-state index contributed by atoms with van der Waals surface area (Å²) in [6.07, 6.45) is 2.67. The van der Waals surface area contributed by atoms with Gasteiger partial charge in [-0.1, -0.05) is 0 Å². The first-order valence-electron chi connectivity index (χ1n) is 5.56. The van der Waals surface area contributed by atoms with Crippen molar-refractivity contribution in [2.45, 2.75) is 18.3 Å². The molecule has 2 aromatic rings. The van der Waals surface area contributed by atoms with Crippen molar-refractivity contribution in [3.63, 3.8) is 0 Å². The molecule has 1 aromatic carbocycles.